The number of anilines is 1. The SMILES string of the molecule is CC1CN(C(=O)OC(C)(C)C)CCN1c1ccc([N+](=O)[O-])cn1. The summed E-state index contributed by atoms with van der Waals surface area (Å²) in [5.41, 5.74) is -0.550. The van der Waals surface area contributed by atoms with Crippen molar-refractivity contribution in [2.24, 2.45) is 0 Å². The third kappa shape index (κ3) is 4.30. The molecule has 2 rings (SSSR count). The minimum Gasteiger partial charge on any atom is -0.444 e. The van der Waals surface area contributed by atoms with Gasteiger partial charge < -0.3 is 14.5 Å². The van der Waals surface area contributed by atoms with Gasteiger partial charge in [-0.15, -0.1) is 0 Å². The number of piperazine rings is 1. The Kier molecular flexibility index (Phi) is 4.72. The molecule has 0 spiro atoms. The fourth-order valence-corrected chi connectivity index (χ4v) is 2.45. The summed E-state index contributed by atoms with van der Waals surface area (Å²) in [6, 6.07) is 3.12. The summed E-state index contributed by atoms with van der Waals surface area (Å²) in [5.74, 6) is 0.673. The predicted octanol–water partition coefficient (Wildman–Crippen LogP) is 2.44. The van der Waals surface area contributed by atoms with Gasteiger partial charge in [0.1, 0.15) is 17.6 Å². The first-order valence-corrected chi connectivity index (χ1v) is 7.52. The number of hydrogen-bond acceptors (Lipinski definition) is 6. The van der Waals surface area contributed by atoms with E-state index in [1.807, 2.05) is 32.6 Å². The number of nitrogens with zero attached hydrogens (tertiary/aromatic N) is 4. The van der Waals surface area contributed by atoms with Gasteiger partial charge in [0.2, 0.25) is 0 Å². The van der Waals surface area contributed by atoms with Crippen LogP contribution in [0.2, 0.25) is 0 Å². The molecule has 126 valence electrons. The molecular formula is C15H22N4O4. The molecule has 1 atom stereocenters. The number of pyridine rings is 1. The van der Waals surface area contributed by atoms with Crippen LogP contribution < -0.4 is 4.90 Å². The normalized spacial score (nSPS) is 18.7. The molecule has 8 nitrogen and oxygen atoms in total. The van der Waals surface area contributed by atoms with E-state index >= 15 is 0 Å². The number of aromatic nitrogens is 1. The summed E-state index contributed by atoms with van der Waals surface area (Å²) in [5, 5.41) is 10.7. The monoisotopic (exact) mass is 322 g/mol. The molecule has 8 heteroatoms. The van der Waals surface area contributed by atoms with Gasteiger partial charge in [-0.05, 0) is 33.8 Å². The van der Waals surface area contributed by atoms with Crippen LogP contribution in [0.15, 0.2) is 18.3 Å². The van der Waals surface area contributed by atoms with Crippen molar-refractivity contribution in [3.8, 4) is 0 Å². The van der Waals surface area contributed by atoms with Crippen LogP contribution in [0.1, 0.15) is 27.7 Å². The smallest absolute Gasteiger partial charge is 0.410 e. The molecule has 1 saturated heterocycles. The van der Waals surface area contributed by atoms with Gasteiger partial charge in [0.05, 0.1) is 4.92 Å². The molecule has 0 radical (unpaired) electrons. The van der Waals surface area contributed by atoms with E-state index in [0.717, 1.165) is 0 Å². The molecule has 1 fully saturated rings. The molecule has 1 amide bonds. The van der Waals surface area contributed by atoms with Crippen molar-refractivity contribution in [1.29, 1.82) is 0 Å². The molecule has 1 aromatic rings. The summed E-state index contributed by atoms with van der Waals surface area (Å²) in [6.45, 7) is 9.15. The molecule has 1 aliphatic rings. The maximum atomic E-state index is 12.1. The van der Waals surface area contributed by atoms with Crippen molar-refractivity contribution in [3.05, 3.63) is 28.4 Å². The number of carbonyl (C=O) groups is 1. The zero-order valence-electron chi connectivity index (χ0n) is 13.9. The zero-order valence-corrected chi connectivity index (χ0v) is 13.9. The van der Waals surface area contributed by atoms with Crippen LogP contribution in [0.25, 0.3) is 0 Å². The van der Waals surface area contributed by atoms with Crippen LogP contribution in [0, 0.1) is 10.1 Å². The molecule has 0 aromatic carbocycles. The summed E-state index contributed by atoms with van der Waals surface area (Å²) in [6.07, 6.45) is 0.933. The van der Waals surface area contributed by atoms with Crippen LogP contribution in [-0.2, 0) is 4.74 Å². The van der Waals surface area contributed by atoms with Crippen molar-refractivity contribution >= 4 is 17.6 Å². The first kappa shape index (κ1) is 17.0. The van der Waals surface area contributed by atoms with Crippen molar-refractivity contribution in [1.82, 2.24) is 9.88 Å². The number of amides is 1. The van der Waals surface area contributed by atoms with E-state index in [2.05, 4.69) is 4.98 Å². The van der Waals surface area contributed by atoms with E-state index in [1.54, 1.807) is 11.0 Å². The van der Waals surface area contributed by atoms with E-state index in [4.69, 9.17) is 4.74 Å². The molecule has 0 saturated carbocycles. The predicted molar refractivity (Wildman–Crippen MR) is 85.5 cm³/mol. The van der Waals surface area contributed by atoms with Gasteiger partial charge in [0, 0.05) is 31.7 Å². The quantitative estimate of drug-likeness (QED) is 0.614. The maximum Gasteiger partial charge on any atom is 0.410 e. The number of ether oxygens (including phenoxy) is 1. The minimum absolute atomic E-state index is 0.0335. The van der Waals surface area contributed by atoms with Gasteiger partial charge >= 0.3 is 6.09 Å². The number of nitro groups is 1. The highest BCUT2D eigenvalue weighted by atomic mass is 16.6. The Bertz CT molecular complexity index is 582. The van der Waals surface area contributed by atoms with Crippen LogP contribution in [0.5, 0.6) is 0 Å². The van der Waals surface area contributed by atoms with Crippen LogP contribution in [0.3, 0.4) is 0 Å². The molecule has 1 aromatic heterocycles. The van der Waals surface area contributed by atoms with E-state index in [9.17, 15) is 14.9 Å². The molecule has 2 heterocycles. The summed E-state index contributed by atoms with van der Waals surface area (Å²) < 4.78 is 5.39. The molecule has 1 unspecified atom stereocenters. The second kappa shape index (κ2) is 6.39. The van der Waals surface area contributed by atoms with Gasteiger partial charge in [0.25, 0.3) is 5.69 Å². The first-order valence-electron chi connectivity index (χ1n) is 7.52. The Morgan fingerprint density at radius 3 is 2.57 bits per heavy atom. The highest BCUT2D eigenvalue weighted by molar-refractivity contribution is 5.68. The number of rotatable bonds is 2. The van der Waals surface area contributed by atoms with Gasteiger partial charge in [-0.2, -0.15) is 0 Å². The lowest BCUT2D eigenvalue weighted by atomic mass is 10.2. The Labute approximate surface area is 135 Å². The van der Waals surface area contributed by atoms with Gasteiger partial charge in [-0.25, -0.2) is 9.78 Å². The fraction of sp³-hybridized carbons (Fsp3) is 0.600. The van der Waals surface area contributed by atoms with Gasteiger partial charge in [0.15, 0.2) is 0 Å². The Balaban J connectivity index is 2.01. The lowest BCUT2D eigenvalue weighted by Crippen LogP contribution is -2.54. The van der Waals surface area contributed by atoms with Crippen molar-refractivity contribution < 1.29 is 14.5 Å². The summed E-state index contributed by atoms with van der Waals surface area (Å²) in [7, 11) is 0. The second-order valence-corrected chi connectivity index (χ2v) is 6.60. The molecular weight excluding hydrogens is 300 g/mol. The fourth-order valence-electron chi connectivity index (χ4n) is 2.45. The highest BCUT2D eigenvalue weighted by Crippen LogP contribution is 2.21. The van der Waals surface area contributed by atoms with Crippen LogP contribution in [0.4, 0.5) is 16.3 Å². The standard InChI is InChI=1S/C15H22N4O4/c1-11-10-17(14(20)23-15(2,3)4)7-8-18(11)13-6-5-12(9-16-13)19(21)22/h5-6,9,11H,7-8,10H2,1-4H3. The molecule has 23 heavy (non-hydrogen) atoms. The Hall–Kier alpha value is -2.38. The minimum atomic E-state index is -0.516. The van der Waals surface area contributed by atoms with E-state index < -0.39 is 10.5 Å². The second-order valence-electron chi connectivity index (χ2n) is 6.60. The Morgan fingerprint density at radius 1 is 1.39 bits per heavy atom. The lowest BCUT2D eigenvalue weighted by molar-refractivity contribution is -0.385. The van der Waals surface area contributed by atoms with Crippen molar-refractivity contribution in [2.45, 2.75) is 39.3 Å². The topological polar surface area (TPSA) is 88.8 Å². The van der Waals surface area contributed by atoms with E-state index in [0.29, 0.717) is 25.5 Å². The Morgan fingerprint density at radius 2 is 2.09 bits per heavy atom. The lowest BCUT2D eigenvalue weighted by Gasteiger charge is -2.40. The molecule has 0 N–H and O–H groups in total. The molecule has 1 aliphatic heterocycles. The third-order valence-corrected chi connectivity index (χ3v) is 3.52. The van der Waals surface area contributed by atoms with E-state index in [1.165, 1.54) is 12.3 Å². The van der Waals surface area contributed by atoms with E-state index in [-0.39, 0.29) is 17.8 Å². The molecule has 0 bridgehead atoms. The largest absolute Gasteiger partial charge is 0.444 e. The average Bonchev–Trinajstić information content (AvgIpc) is 2.45. The average molecular weight is 322 g/mol. The van der Waals surface area contributed by atoms with Crippen molar-refractivity contribution in [3.63, 3.8) is 0 Å². The number of hydrogen-bond donors (Lipinski definition) is 0. The summed E-state index contributed by atoms with van der Waals surface area (Å²) >= 11 is 0. The summed E-state index contributed by atoms with van der Waals surface area (Å²) in [4.78, 5) is 30.2. The highest BCUT2D eigenvalue weighted by Gasteiger charge is 2.30. The van der Waals surface area contributed by atoms with Gasteiger partial charge in [-0.1, -0.05) is 0 Å². The zero-order chi connectivity index (χ0) is 17.2. The van der Waals surface area contributed by atoms with Gasteiger partial charge in [-0.3, -0.25) is 10.1 Å². The molecule has 0 aliphatic carbocycles. The van der Waals surface area contributed by atoms with Crippen LogP contribution in [-0.4, -0.2) is 52.2 Å². The first-order chi connectivity index (χ1) is 10.7. The third-order valence-electron chi connectivity index (χ3n) is 3.52. The van der Waals surface area contributed by atoms with Crippen LogP contribution >= 0.6 is 0 Å². The van der Waals surface area contributed by atoms with Crippen molar-refractivity contribution in [2.75, 3.05) is 24.5 Å². The maximum absolute atomic E-state index is 12.1. The number of carbonyl (C=O) groups excluding carboxylic acids is 1.